The van der Waals surface area contributed by atoms with Gasteiger partial charge < -0.3 is 0 Å². The van der Waals surface area contributed by atoms with Crippen molar-refractivity contribution >= 4 is 0 Å². The lowest BCUT2D eigenvalue weighted by atomic mass is 10.3. The van der Waals surface area contributed by atoms with Crippen LogP contribution >= 0.6 is 0 Å². The third-order valence-electron chi connectivity index (χ3n) is 0.663. The van der Waals surface area contributed by atoms with Crippen molar-refractivity contribution in [1.29, 1.82) is 0 Å². The summed E-state index contributed by atoms with van der Waals surface area (Å²) < 4.78 is 33.6. The highest BCUT2D eigenvalue weighted by molar-refractivity contribution is 4.52. The lowest BCUT2D eigenvalue weighted by Crippen LogP contribution is -2.09. The zero-order valence-electron chi connectivity index (χ0n) is 4.00. The Labute approximate surface area is 40.3 Å². The molecule has 3 heteroatoms. The molecule has 44 valence electrons. The van der Waals surface area contributed by atoms with Crippen molar-refractivity contribution in [3.05, 3.63) is 0 Å². The van der Waals surface area contributed by atoms with E-state index in [0.29, 0.717) is 0 Å². The van der Waals surface area contributed by atoms with E-state index in [2.05, 4.69) is 0 Å². The fourth-order valence-corrected chi connectivity index (χ4v) is 0.178. The fraction of sp³-hybridized carbons (Fsp3) is 1.00. The lowest BCUT2D eigenvalue weighted by molar-refractivity contribution is 0.0482. The first kappa shape index (κ1) is 6.79. The average molecular weight is 112 g/mol. The van der Waals surface area contributed by atoms with E-state index in [1.54, 1.807) is 0 Å². The van der Waals surface area contributed by atoms with E-state index in [4.69, 9.17) is 0 Å². The number of hydrogen-bond acceptors (Lipinski definition) is 0. The number of halogens is 3. The Morgan fingerprint density at radius 1 is 1.29 bits per heavy atom. The van der Waals surface area contributed by atoms with E-state index < -0.39 is 12.6 Å². The molecule has 0 saturated carbocycles. The second-order valence-corrected chi connectivity index (χ2v) is 1.26. The molecule has 0 bridgehead atoms. The van der Waals surface area contributed by atoms with Crippen molar-refractivity contribution in [2.24, 2.45) is 0 Å². The molecular weight excluding hydrogens is 105 g/mol. The van der Waals surface area contributed by atoms with Crippen LogP contribution in [0.5, 0.6) is 0 Å². The van der Waals surface area contributed by atoms with Gasteiger partial charge in [-0.15, -0.1) is 0 Å². The molecule has 1 atom stereocenters. The molecule has 1 unspecified atom stereocenters. The molecule has 0 fully saturated rings. The molecule has 7 heavy (non-hydrogen) atoms. The maximum atomic E-state index is 11.5. The minimum absolute atomic E-state index is 0.0995. The van der Waals surface area contributed by atoms with Crippen LogP contribution < -0.4 is 0 Å². The van der Waals surface area contributed by atoms with Crippen molar-refractivity contribution in [1.82, 2.24) is 0 Å². The summed E-state index contributed by atoms with van der Waals surface area (Å²) in [7, 11) is 0. The van der Waals surface area contributed by atoms with Gasteiger partial charge in [0.05, 0.1) is 0 Å². The van der Waals surface area contributed by atoms with Crippen molar-refractivity contribution < 1.29 is 13.2 Å². The molecule has 0 radical (unpaired) electrons. The van der Waals surface area contributed by atoms with Gasteiger partial charge in [0.1, 0.15) is 0 Å². The minimum Gasteiger partial charge on any atom is -0.241 e. The van der Waals surface area contributed by atoms with Crippen LogP contribution in [0, 0.1) is 0 Å². The van der Waals surface area contributed by atoms with Gasteiger partial charge >= 0.3 is 0 Å². The highest BCUT2D eigenvalue weighted by Gasteiger charge is 2.15. The zero-order valence-corrected chi connectivity index (χ0v) is 4.00. The Bertz CT molecular complexity index is 44.2. The molecule has 0 aliphatic carbocycles. The second kappa shape index (κ2) is 2.88. The van der Waals surface area contributed by atoms with E-state index in [1.165, 1.54) is 6.92 Å². The first-order valence-electron chi connectivity index (χ1n) is 2.10. The quantitative estimate of drug-likeness (QED) is 0.512. The molecule has 0 spiro atoms. The summed E-state index contributed by atoms with van der Waals surface area (Å²) in [6.45, 7) is 1.39. The van der Waals surface area contributed by atoms with Gasteiger partial charge in [0, 0.05) is 0 Å². The predicted molar refractivity (Wildman–Crippen MR) is 21.2 cm³/mol. The van der Waals surface area contributed by atoms with Gasteiger partial charge in [-0.3, -0.25) is 0 Å². The zero-order chi connectivity index (χ0) is 5.86. The van der Waals surface area contributed by atoms with E-state index in [-0.39, 0.29) is 6.42 Å². The fourth-order valence-electron chi connectivity index (χ4n) is 0.178. The van der Waals surface area contributed by atoms with Crippen LogP contribution in [-0.2, 0) is 0 Å². The van der Waals surface area contributed by atoms with Gasteiger partial charge in [-0.25, -0.2) is 13.2 Å². The van der Waals surface area contributed by atoms with Crippen LogP contribution in [-0.4, -0.2) is 12.6 Å². The van der Waals surface area contributed by atoms with Crippen molar-refractivity contribution in [2.75, 3.05) is 0 Å². The molecule has 0 aromatic carbocycles. The monoisotopic (exact) mass is 112 g/mol. The molecule has 0 N–H and O–H groups in total. The molecule has 0 aliphatic rings. The van der Waals surface area contributed by atoms with Gasteiger partial charge in [-0.1, -0.05) is 6.92 Å². The van der Waals surface area contributed by atoms with Gasteiger partial charge in [0.25, 0.3) is 6.43 Å². The summed E-state index contributed by atoms with van der Waals surface area (Å²) in [6, 6.07) is 0. The summed E-state index contributed by atoms with van der Waals surface area (Å²) in [4.78, 5) is 0. The number of rotatable bonds is 2. The van der Waals surface area contributed by atoms with Crippen molar-refractivity contribution in [2.45, 2.75) is 25.9 Å². The number of alkyl halides is 3. The summed E-state index contributed by atoms with van der Waals surface area (Å²) in [5.41, 5.74) is 0. The topological polar surface area (TPSA) is 0 Å². The molecule has 0 aromatic heterocycles. The first-order valence-corrected chi connectivity index (χ1v) is 2.10. The molecule has 0 amide bonds. The highest BCUT2D eigenvalue weighted by Crippen LogP contribution is 2.07. The normalized spacial score (nSPS) is 15.0. The van der Waals surface area contributed by atoms with Gasteiger partial charge in [-0.2, -0.15) is 0 Å². The Kier molecular flexibility index (Phi) is 2.79. The standard InChI is InChI=1S/C4H7F3/c1-2-3(5)4(6)7/h3-4H,2H2,1H3. The first-order chi connectivity index (χ1) is 3.18. The molecular formula is C4H7F3. The van der Waals surface area contributed by atoms with Gasteiger partial charge in [-0.05, 0) is 6.42 Å². The maximum absolute atomic E-state index is 11.5. The van der Waals surface area contributed by atoms with Crippen LogP contribution in [0.1, 0.15) is 13.3 Å². The van der Waals surface area contributed by atoms with E-state index in [9.17, 15) is 13.2 Å². The molecule has 0 rings (SSSR count). The van der Waals surface area contributed by atoms with Crippen molar-refractivity contribution in [3.8, 4) is 0 Å². The molecule has 0 heterocycles. The third-order valence-corrected chi connectivity index (χ3v) is 0.663. The van der Waals surface area contributed by atoms with Crippen molar-refractivity contribution in [3.63, 3.8) is 0 Å². The van der Waals surface area contributed by atoms with Crippen LogP contribution in [0.4, 0.5) is 13.2 Å². The Hall–Kier alpha value is -0.210. The summed E-state index contributed by atoms with van der Waals surface area (Å²) in [6.07, 6.45) is -4.83. The summed E-state index contributed by atoms with van der Waals surface area (Å²) >= 11 is 0. The molecule has 0 saturated heterocycles. The van der Waals surface area contributed by atoms with Crippen LogP contribution in [0.15, 0.2) is 0 Å². The lowest BCUT2D eigenvalue weighted by Gasteiger charge is -1.99. The van der Waals surface area contributed by atoms with Crippen LogP contribution in [0.25, 0.3) is 0 Å². The molecule has 0 aliphatic heterocycles. The Balaban J connectivity index is 3.14. The molecule has 0 nitrogen and oxygen atoms in total. The largest absolute Gasteiger partial charge is 0.269 e. The van der Waals surface area contributed by atoms with Crippen LogP contribution in [0.2, 0.25) is 0 Å². The summed E-state index contributed by atoms with van der Waals surface area (Å²) in [5, 5.41) is 0. The van der Waals surface area contributed by atoms with Crippen LogP contribution in [0.3, 0.4) is 0 Å². The predicted octanol–water partition coefficient (Wildman–Crippen LogP) is 2.00. The minimum atomic E-state index is -2.80. The van der Waals surface area contributed by atoms with Gasteiger partial charge in [0.2, 0.25) is 0 Å². The smallest absolute Gasteiger partial charge is 0.241 e. The average Bonchev–Trinajstić information content (AvgIpc) is 1.65. The number of hydrogen-bond donors (Lipinski definition) is 0. The maximum Gasteiger partial charge on any atom is 0.269 e. The van der Waals surface area contributed by atoms with E-state index in [1.807, 2.05) is 0 Å². The molecule has 0 aromatic rings. The third kappa shape index (κ3) is 2.48. The highest BCUT2D eigenvalue weighted by atomic mass is 19.3. The second-order valence-electron chi connectivity index (χ2n) is 1.26. The van der Waals surface area contributed by atoms with E-state index in [0.717, 1.165) is 0 Å². The Morgan fingerprint density at radius 2 is 1.71 bits per heavy atom. The summed E-state index contributed by atoms with van der Waals surface area (Å²) in [5.74, 6) is 0. The Morgan fingerprint density at radius 3 is 1.71 bits per heavy atom. The SMILES string of the molecule is CCC(F)C(F)F. The van der Waals surface area contributed by atoms with E-state index >= 15 is 0 Å². The van der Waals surface area contributed by atoms with Gasteiger partial charge in [0.15, 0.2) is 6.17 Å².